The lowest BCUT2D eigenvalue weighted by Crippen LogP contribution is -2.11. The smallest absolute Gasteiger partial charge is 0.224 e. The van der Waals surface area contributed by atoms with Crippen molar-refractivity contribution in [1.29, 1.82) is 0 Å². The predicted molar refractivity (Wildman–Crippen MR) is 77.4 cm³/mol. The van der Waals surface area contributed by atoms with E-state index in [9.17, 15) is 13.2 Å². The Balaban J connectivity index is 2.60. The minimum atomic E-state index is -3.19. The summed E-state index contributed by atoms with van der Waals surface area (Å²) in [5, 5.41) is 2.72. The number of alkyl halides is 1. The molecule has 1 aromatic rings. The Morgan fingerprint density at radius 1 is 1.21 bits per heavy atom. The number of amides is 1. The van der Waals surface area contributed by atoms with E-state index in [1.54, 1.807) is 19.1 Å². The van der Waals surface area contributed by atoms with Gasteiger partial charge in [0.25, 0.3) is 0 Å². The number of carbonyl (C=O) groups excluding carboxylic acids is 1. The van der Waals surface area contributed by atoms with E-state index in [2.05, 4.69) is 5.32 Å². The molecule has 1 rings (SSSR count). The maximum atomic E-state index is 11.6. The van der Waals surface area contributed by atoms with Crippen molar-refractivity contribution < 1.29 is 13.2 Å². The van der Waals surface area contributed by atoms with Crippen LogP contribution < -0.4 is 5.32 Å². The van der Waals surface area contributed by atoms with E-state index in [1.807, 2.05) is 0 Å². The third kappa shape index (κ3) is 5.20. The molecule has 0 aliphatic carbocycles. The van der Waals surface area contributed by atoms with Gasteiger partial charge < -0.3 is 5.32 Å². The average molecular weight is 304 g/mol. The van der Waals surface area contributed by atoms with Crippen LogP contribution in [0.25, 0.3) is 0 Å². The maximum Gasteiger partial charge on any atom is 0.224 e. The average Bonchev–Trinajstić information content (AvgIpc) is 2.39. The Morgan fingerprint density at radius 3 is 2.37 bits per heavy atom. The molecule has 0 aliphatic heterocycles. The molecule has 106 valence electrons. The molecule has 1 amide bonds. The molecular formula is C13H18ClNO3S. The summed E-state index contributed by atoms with van der Waals surface area (Å²) in [7, 11) is -3.19. The standard InChI is InChI=1S/C13H18ClNO3S/c1-2-19(17,18)12-8-6-11(7-9-12)15-13(16)5-3-4-10-14/h6-9H,2-5,10H2,1H3,(H,15,16). The molecule has 0 spiro atoms. The summed E-state index contributed by atoms with van der Waals surface area (Å²) in [5.41, 5.74) is 0.603. The fourth-order valence-electron chi connectivity index (χ4n) is 1.52. The zero-order valence-corrected chi connectivity index (χ0v) is 12.4. The Hall–Kier alpha value is -1.07. The van der Waals surface area contributed by atoms with Crippen LogP contribution in [0.5, 0.6) is 0 Å². The maximum absolute atomic E-state index is 11.6. The van der Waals surface area contributed by atoms with Crippen LogP contribution in [0, 0.1) is 0 Å². The summed E-state index contributed by atoms with van der Waals surface area (Å²) in [6, 6.07) is 6.21. The van der Waals surface area contributed by atoms with Gasteiger partial charge in [0.1, 0.15) is 0 Å². The van der Waals surface area contributed by atoms with Gasteiger partial charge in [0.2, 0.25) is 5.91 Å². The normalized spacial score (nSPS) is 11.3. The number of halogens is 1. The van der Waals surface area contributed by atoms with Crippen molar-refractivity contribution in [2.45, 2.75) is 31.1 Å². The monoisotopic (exact) mass is 303 g/mol. The van der Waals surface area contributed by atoms with Gasteiger partial charge >= 0.3 is 0 Å². The van der Waals surface area contributed by atoms with Crippen LogP contribution in [0.1, 0.15) is 26.2 Å². The van der Waals surface area contributed by atoms with Crippen LogP contribution in [0.2, 0.25) is 0 Å². The number of hydrogen-bond donors (Lipinski definition) is 1. The molecule has 6 heteroatoms. The highest BCUT2D eigenvalue weighted by atomic mass is 35.5. The minimum absolute atomic E-state index is 0.0666. The van der Waals surface area contributed by atoms with Crippen LogP contribution in [-0.2, 0) is 14.6 Å². The van der Waals surface area contributed by atoms with Crippen molar-refractivity contribution in [1.82, 2.24) is 0 Å². The van der Waals surface area contributed by atoms with Gasteiger partial charge in [0, 0.05) is 18.0 Å². The lowest BCUT2D eigenvalue weighted by molar-refractivity contribution is -0.116. The molecule has 0 heterocycles. The lowest BCUT2D eigenvalue weighted by Gasteiger charge is -2.06. The van der Waals surface area contributed by atoms with Gasteiger partial charge in [-0.2, -0.15) is 0 Å². The summed E-state index contributed by atoms with van der Waals surface area (Å²) < 4.78 is 23.2. The number of hydrogen-bond acceptors (Lipinski definition) is 3. The van der Waals surface area contributed by atoms with Crippen molar-refractivity contribution in [2.75, 3.05) is 16.9 Å². The van der Waals surface area contributed by atoms with Gasteiger partial charge in [-0.3, -0.25) is 4.79 Å². The largest absolute Gasteiger partial charge is 0.326 e. The molecule has 0 radical (unpaired) electrons. The van der Waals surface area contributed by atoms with Crippen LogP contribution >= 0.6 is 11.6 Å². The Bertz CT molecular complexity index is 511. The molecule has 0 aromatic heterocycles. The second kappa shape index (κ2) is 7.50. The highest BCUT2D eigenvalue weighted by Crippen LogP contribution is 2.15. The molecular weight excluding hydrogens is 286 g/mol. The lowest BCUT2D eigenvalue weighted by atomic mass is 10.2. The van der Waals surface area contributed by atoms with Crippen LogP contribution in [0.3, 0.4) is 0 Å². The Kier molecular flexibility index (Phi) is 6.31. The van der Waals surface area contributed by atoms with E-state index in [0.29, 0.717) is 18.0 Å². The van der Waals surface area contributed by atoms with Crippen molar-refractivity contribution in [3.63, 3.8) is 0 Å². The molecule has 0 aliphatic rings. The molecule has 0 atom stereocenters. The van der Waals surface area contributed by atoms with E-state index >= 15 is 0 Å². The SMILES string of the molecule is CCS(=O)(=O)c1ccc(NC(=O)CCCCCl)cc1. The Morgan fingerprint density at radius 2 is 1.84 bits per heavy atom. The topological polar surface area (TPSA) is 63.2 Å². The van der Waals surface area contributed by atoms with Gasteiger partial charge in [0.05, 0.1) is 10.6 Å². The first kappa shape index (κ1) is 16.0. The predicted octanol–water partition coefficient (Wildman–Crippen LogP) is 2.83. The first-order chi connectivity index (χ1) is 8.99. The highest BCUT2D eigenvalue weighted by molar-refractivity contribution is 7.91. The van der Waals surface area contributed by atoms with Crippen molar-refractivity contribution in [2.24, 2.45) is 0 Å². The van der Waals surface area contributed by atoms with Crippen LogP contribution in [-0.4, -0.2) is 26.0 Å². The molecule has 0 saturated heterocycles. The van der Waals surface area contributed by atoms with Crippen molar-refractivity contribution in [3.05, 3.63) is 24.3 Å². The highest BCUT2D eigenvalue weighted by Gasteiger charge is 2.11. The molecule has 1 aromatic carbocycles. The first-order valence-electron chi connectivity index (χ1n) is 6.18. The zero-order valence-electron chi connectivity index (χ0n) is 10.9. The number of rotatable bonds is 7. The summed E-state index contributed by atoms with van der Waals surface area (Å²) >= 11 is 5.53. The number of benzene rings is 1. The second-order valence-electron chi connectivity index (χ2n) is 4.12. The van der Waals surface area contributed by atoms with E-state index in [1.165, 1.54) is 12.1 Å². The third-order valence-corrected chi connectivity index (χ3v) is 4.68. The van der Waals surface area contributed by atoms with Gasteiger partial charge in [-0.15, -0.1) is 11.6 Å². The molecule has 0 unspecified atom stereocenters. The molecule has 4 nitrogen and oxygen atoms in total. The van der Waals surface area contributed by atoms with Gasteiger partial charge in [-0.1, -0.05) is 6.92 Å². The molecule has 0 saturated carbocycles. The summed E-state index contributed by atoms with van der Waals surface area (Å²) in [6.45, 7) is 1.60. The van der Waals surface area contributed by atoms with Crippen molar-refractivity contribution in [3.8, 4) is 0 Å². The second-order valence-corrected chi connectivity index (χ2v) is 6.78. The van der Waals surface area contributed by atoms with Crippen molar-refractivity contribution >= 4 is 33.0 Å². The third-order valence-electron chi connectivity index (χ3n) is 2.66. The number of nitrogens with one attached hydrogen (secondary N) is 1. The van der Waals surface area contributed by atoms with E-state index in [-0.39, 0.29) is 16.6 Å². The van der Waals surface area contributed by atoms with E-state index < -0.39 is 9.84 Å². The molecule has 0 bridgehead atoms. The summed E-state index contributed by atoms with van der Waals surface area (Å²) in [6.07, 6.45) is 1.97. The summed E-state index contributed by atoms with van der Waals surface area (Å²) in [5.74, 6) is 0.532. The van der Waals surface area contributed by atoms with E-state index in [0.717, 1.165) is 12.8 Å². The fourth-order valence-corrected chi connectivity index (χ4v) is 2.59. The number of carbonyl (C=O) groups is 1. The van der Waals surface area contributed by atoms with Gasteiger partial charge in [0.15, 0.2) is 9.84 Å². The Labute approximate surface area is 119 Å². The van der Waals surface area contributed by atoms with Gasteiger partial charge in [-0.05, 0) is 37.1 Å². The first-order valence-corrected chi connectivity index (χ1v) is 8.37. The van der Waals surface area contributed by atoms with Crippen LogP contribution in [0.15, 0.2) is 29.2 Å². The molecule has 0 fully saturated rings. The van der Waals surface area contributed by atoms with E-state index in [4.69, 9.17) is 11.6 Å². The quantitative estimate of drug-likeness (QED) is 0.622. The molecule has 19 heavy (non-hydrogen) atoms. The summed E-state index contributed by atoms with van der Waals surface area (Å²) in [4.78, 5) is 11.8. The minimum Gasteiger partial charge on any atom is -0.326 e. The zero-order chi connectivity index (χ0) is 14.3. The van der Waals surface area contributed by atoms with Crippen LogP contribution in [0.4, 0.5) is 5.69 Å². The number of anilines is 1. The number of unbranched alkanes of at least 4 members (excludes halogenated alkanes) is 1. The fraction of sp³-hybridized carbons (Fsp3) is 0.462. The molecule has 1 N–H and O–H groups in total. The number of sulfone groups is 1. The van der Waals surface area contributed by atoms with Gasteiger partial charge in [-0.25, -0.2) is 8.42 Å².